The molecule has 2 amide bonds. The second-order valence-electron chi connectivity index (χ2n) is 7.84. The van der Waals surface area contributed by atoms with Gasteiger partial charge in [-0.2, -0.15) is 0 Å². The quantitative estimate of drug-likeness (QED) is 0.369. The van der Waals surface area contributed by atoms with Crippen molar-refractivity contribution in [3.05, 3.63) is 53.6 Å². The van der Waals surface area contributed by atoms with E-state index in [0.717, 1.165) is 12.8 Å². The van der Waals surface area contributed by atoms with E-state index in [-0.39, 0.29) is 11.5 Å². The van der Waals surface area contributed by atoms with E-state index in [1.54, 1.807) is 36.4 Å². The van der Waals surface area contributed by atoms with Gasteiger partial charge < -0.3 is 24.8 Å². The summed E-state index contributed by atoms with van der Waals surface area (Å²) in [6.45, 7) is 6.61. The Morgan fingerprint density at radius 1 is 1.03 bits per heavy atom. The topological polar surface area (TPSA) is 103 Å². The number of rotatable bonds is 12. The number of carbonyl (C=O) groups excluding carboxylic acids is 3. The third-order valence-corrected chi connectivity index (χ3v) is 4.61. The first-order valence-corrected chi connectivity index (χ1v) is 11.0. The zero-order chi connectivity index (χ0) is 24.2. The van der Waals surface area contributed by atoms with Crippen molar-refractivity contribution in [2.45, 2.75) is 33.6 Å². The number of anilines is 1. The van der Waals surface area contributed by atoms with E-state index in [0.29, 0.717) is 41.8 Å². The zero-order valence-corrected chi connectivity index (χ0v) is 19.6. The Morgan fingerprint density at radius 2 is 1.79 bits per heavy atom. The van der Waals surface area contributed by atoms with Gasteiger partial charge in [-0.05, 0) is 42.7 Å². The highest BCUT2D eigenvalue weighted by molar-refractivity contribution is 6.04. The van der Waals surface area contributed by atoms with Crippen molar-refractivity contribution in [3.63, 3.8) is 0 Å². The van der Waals surface area contributed by atoms with Crippen LogP contribution in [0.15, 0.2) is 42.5 Å². The molecule has 0 radical (unpaired) electrons. The summed E-state index contributed by atoms with van der Waals surface area (Å²) in [6.07, 6.45) is 1.91. The van der Waals surface area contributed by atoms with Crippen LogP contribution in [0.25, 0.3) is 0 Å². The fraction of sp³-hybridized carbons (Fsp3) is 0.400. The predicted molar refractivity (Wildman–Crippen MR) is 126 cm³/mol. The van der Waals surface area contributed by atoms with Crippen molar-refractivity contribution in [1.29, 1.82) is 0 Å². The van der Waals surface area contributed by atoms with Gasteiger partial charge in [-0.1, -0.05) is 39.3 Å². The Labute approximate surface area is 194 Å². The lowest BCUT2D eigenvalue weighted by Crippen LogP contribution is -2.29. The number of amides is 2. The molecular weight excluding hydrogens is 424 g/mol. The van der Waals surface area contributed by atoms with Gasteiger partial charge in [0.1, 0.15) is 0 Å². The zero-order valence-electron chi connectivity index (χ0n) is 19.6. The molecule has 0 atom stereocenters. The van der Waals surface area contributed by atoms with Gasteiger partial charge in [-0.25, -0.2) is 4.79 Å². The molecular formula is C25H32N2O6. The third-order valence-electron chi connectivity index (χ3n) is 4.61. The maximum absolute atomic E-state index is 12.4. The summed E-state index contributed by atoms with van der Waals surface area (Å²) < 4.78 is 16.1. The van der Waals surface area contributed by atoms with E-state index in [9.17, 15) is 14.4 Å². The molecule has 0 heterocycles. The van der Waals surface area contributed by atoms with Crippen LogP contribution >= 0.6 is 0 Å². The largest absolute Gasteiger partial charge is 0.493 e. The molecule has 178 valence electrons. The average molecular weight is 457 g/mol. The number of ether oxygens (including phenoxy) is 3. The summed E-state index contributed by atoms with van der Waals surface area (Å²) in [5, 5.41) is 5.44. The standard InChI is InChI=1S/C25H32N2O6/c1-5-6-13-32-21-12-11-18(14-22(21)31-4)25(30)33-16-23(28)27-20-10-8-7-9-19(20)24(29)26-15-17(2)3/h7-12,14,17H,5-6,13,15-16H2,1-4H3,(H,26,29)(H,27,28). The van der Waals surface area contributed by atoms with Crippen LogP contribution in [-0.2, 0) is 9.53 Å². The van der Waals surface area contributed by atoms with E-state index >= 15 is 0 Å². The predicted octanol–water partition coefficient (Wildman–Crippen LogP) is 4.06. The van der Waals surface area contributed by atoms with Gasteiger partial charge in [0.15, 0.2) is 18.1 Å². The lowest BCUT2D eigenvalue weighted by atomic mass is 10.1. The number of carbonyl (C=O) groups is 3. The number of esters is 1. The molecule has 0 unspecified atom stereocenters. The van der Waals surface area contributed by atoms with E-state index in [1.807, 2.05) is 13.8 Å². The highest BCUT2D eigenvalue weighted by atomic mass is 16.5. The van der Waals surface area contributed by atoms with Gasteiger partial charge in [0.2, 0.25) is 0 Å². The molecule has 2 rings (SSSR count). The van der Waals surface area contributed by atoms with E-state index in [2.05, 4.69) is 17.6 Å². The molecule has 0 fully saturated rings. The first kappa shape index (κ1) is 25.7. The summed E-state index contributed by atoms with van der Waals surface area (Å²) >= 11 is 0. The second kappa shape index (κ2) is 13.1. The van der Waals surface area contributed by atoms with Crippen molar-refractivity contribution < 1.29 is 28.6 Å². The lowest BCUT2D eigenvalue weighted by Gasteiger charge is -2.13. The SMILES string of the molecule is CCCCOc1ccc(C(=O)OCC(=O)Nc2ccccc2C(=O)NCC(C)C)cc1OC. The summed E-state index contributed by atoms with van der Waals surface area (Å²) in [4.78, 5) is 37.2. The molecule has 0 spiro atoms. The molecule has 0 aliphatic carbocycles. The van der Waals surface area contributed by atoms with Crippen LogP contribution in [0.3, 0.4) is 0 Å². The van der Waals surface area contributed by atoms with Crippen LogP contribution < -0.4 is 20.1 Å². The van der Waals surface area contributed by atoms with Crippen LogP contribution in [-0.4, -0.2) is 44.7 Å². The fourth-order valence-electron chi connectivity index (χ4n) is 2.82. The fourth-order valence-corrected chi connectivity index (χ4v) is 2.82. The summed E-state index contributed by atoms with van der Waals surface area (Å²) in [7, 11) is 1.49. The van der Waals surface area contributed by atoms with Crippen LogP contribution in [0.2, 0.25) is 0 Å². The van der Waals surface area contributed by atoms with E-state index in [4.69, 9.17) is 14.2 Å². The molecule has 0 saturated carbocycles. The molecule has 0 saturated heterocycles. The third kappa shape index (κ3) is 8.14. The van der Waals surface area contributed by atoms with Crippen molar-refractivity contribution in [1.82, 2.24) is 5.32 Å². The minimum absolute atomic E-state index is 0.232. The van der Waals surface area contributed by atoms with E-state index in [1.165, 1.54) is 13.2 Å². The molecule has 0 bridgehead atoms. The summed E-state index contributed by atoms with van der Waals surface area (Å²) in [5.74, 6) is -0.278. The molecule has 0 aliphatic rings. The molecule has 0 aliphatic heterocycles. The highest BCUT2D eigenvalue weighted by Crippen LogP contribution is 2.28. The molecule has 2 aromatic rings. The Hall–Kier alpha value is -3.55. The molecule has 33 heavy (non-hydrogen) atoms. The Kier molecular flexibility index (Phi) is 10.2. The first-order chi connectivity index (χ1) is 15.8. The van der Waals surface area contributed by atoms with Crippen LogP contribution in [0.1, 0.15) is 54.3 Å². The number of nitrogens with one attached hydrogen (secondary N) is 2. The van der Waals surface area contributed by atoms with Gasteiger partial charge in [-0.15, -0.1) is 0 Å². The molecule has 2 aromatic carbocycles. The lowest BCUT2D eigenvalue weighted by molar-refractivity contribution is -0.119. The Morgan fingerprint density at radius 3 is 2.48 bits per heavy atom. The Balaban J connectivity index is 1.96. The van der Waals surface area contributed by atoms with Crippen LogP contribution in [0, 0.1) is 5.92 Å². The van der Waals surface area contributed by atoms with Crippen LogP contribution in [0.4, 0.5) is 5.69 Å². The minimum Gasteiger partial charge on any atom is -0.493 e. The molecule has 2 N–H and O–H groups in total. The van der Waals surface area contributed by atoms with E-state index < -0.39 is 18.5 Å². The maximum Gasteiger partial charge on any atom is 0.338 e. The van der Waals surface area contributed by atoms with Gasteiger partial charge in [0, 0.05) is 6.54 Å². The van der Waals surface area contributed by atoms with Gasteiger partial charge in [0.05, 0.1) is 30.5 Å². The van der Waals surface area contributed by atoms with Crippen molar-refractivity contribution in [2.24, 2.45) is 5.92 Å². The van der Waals surface area contributed by atoms with Crippen molar-refractivity contribution in [3.8, 4) is 11.5 Å². The number of methoxy groups -OCH3 is 1. The van der Waals surface area contributed by atoms with Gasteiger partial charge in [0.25, 0.3) is 11.8 Å². The van der Waals surface area contributed by atoms with Crippen molar-refractivity contribution >= 4 is 23.5 Å². The van der Waals surface area contributed by atoms with Crippen LogP contribution in [0.5, 0.6) is 11.5 Å². The number of unbranched alkanes of at least 4 members (excludes halogenated alkanes) is 1. The monoisotopic (exact) mass is 456 g/mol. The number of hydrogen-bond acceptors (Lipinski definition) is 6. The number of benzene rings is 2. The second-order valence-corrected chi connectivity index (χ2v) is 7.84. The summed E-state index contributed by atoms with van der Waals surface area (Å²) in [6, 6.07) is 11.4. The first-order valence-electron chi connectivity index (χ1n) is 11.0. The number of para-hydroxylation sites is 1. The van der Waals surface area contributed by atoms with Gasteiger partial charge >= 0.3 is 5.97 Å². The maximum atomic E-state index is 12.4. The molecule has 0 aromatic heterocycles. The minimum atomic E-state index is -0.675. The smallest absolute Gasteiger partial charge is 0.338 e. The normalized spacial score (nSPS) is 10.5. The molecule has 8 heteroatoms. The molecule has 8 nitrogen and oxygen atoms in total. The Bertz CT molecular complexity index is 958. The van der Waals surface area contributed by atoms with Crippen molar-refractivity contribution in [2.75, 3.05) is 32.2 Å². The van der Waals surface area contributed by atoms with Gasteiger partial charge in [-0.3, -0.25) is 9.59 Å². The number of hydrogen-bond donors (Lipinski definition) is 2. The summed E-state index contributed by atoms with van der Waals surface area (Å²) in [5.41, 5.74) is 0.909. The highest BCUT2D eigenvalue weighted by Gasteiger charge is 2.16. The average Bonchev–Trinajstić information content (AvgIpc) is 2.81.